The Bertz CT molecular complexity index is 420. The van der Waals surface area contributed by atoms with Gasteiger partial charge < -0.3 is 10.6 Å². The lowest BCUT2D eigenvalue weighted by atomic mass is 9.86. The van der Waals surface area contributed by atoms with Gasteiger partial charge in [-0.2, -0.15) is 0 Å². The molecule has 21 heavy (non-hydrogen) atoms. The minimum Gasteiger partial charge on any atom is -0.355 e. The molecule has 1 amide bonds. The zero-order valence-electron chi connectivity index (χ0n) is 12.3. The molecular weight excluding hydrogens is 314 g/mol. The van der Waals surface area contributed by atoms with E-state index in [-0.39, 0.29) is 36.5 Å². The van der Waals surface area contributed by atoms with Crippen LogP contribution in [0.3, 0.4) is 0 Å². The Morgan fingerprint density at radius 3 is 2.38 bits per heavy atom. The van der Waals surface area contributed by atoms with Gasteiger partial charge in [-0.15, -0.1) is 12.4 Å². The highest BCUT2D eigenvalue weighted by molar-refractivity contribution is 7.89. The van der Waals surface area contributed by atoms with Gasteiger partial charge in [-0.1, -0.05) is 6.42 Å². The first-order valence-electron chi connectivity index (χ1n) is 7.52. The molecule has 3 N–H and O–H groups in total. The predicted octanol–water partition coefficient (Wildman–Crippen LogP) is 0.243. The number of halogens is 1. The summed E-state index contributed by atoms with van der Waals surface area (Å²) in [6, 6.07) is 0. The summed E-state index contributed by atoms with van der Waals surface area (Å²) in [4.78, 5) is 11.9. The van der Waals surface area contributed by atoms with Crippen LogP contribution in [-0.2, 0) is 14.8 Å². The fraction of sp³-hybridized carbons (Fsp3) is 0.923. The van der Waals surface area contributed by atoms with E-state index in [1.165, 1.54) is 6.42 Å². The fourth-order valence-corrected chi connectivity index (χ4v) is 3.56. The number of piperidine rings is 1. The third-order valence-electron chi connectivity index (χ3n) is 4.20. The van der Waals surface area contributed by atoms with Crippen LogP contribution in [0.15, 0.2) is 0 Å². The fourth-order valence-electron chi connectivity index (χ4n) is 2.55. The van der Waals surface area contributed by atoms with Crippen LogP contribution in [0.5, 0.6) is 0 Å². The molecule has 1 saturated heterocycles. The van der Waals surface area contributed by atoms with Crippen molar-refractivity contribution in [2.75, 3.05) is 31.9 Å². The number of hydrogen-bond acceptors (Lipinski definition) is 4. The standard InChI is InChI=1S/C13H25N3O3S.ClH/c17-13(12-4-6-14-7-5-12)15-8-9-20(18,19)16-10-11-2-1-3-11;/h11-12,14,16H,1-10H2,(H,15,17);1H. The molecule has 0 aromatic heterocycles. The van der Waals surface area contributed by atoms with E-state index in [2.05, 4.69) is 15.4 Å². The van der Waals surface area contributed by atoms with Crippen molar-refractivity contribution in [3.8, 4) is 0 Å². The minimum absolute atomic E-state index is 0. The number of carbonyl (C=O) groups is 1. The Hall–Kier alpha value is -0.370. The molecule has 0 aromatic rings. The lowest BCUT2D eigenvalue weighted by molar-refractivity contribution is -0.125. The maximum atomic E-state index is 11.9. The molecule has 0 aromatic carbocycles. The van der Waals surface area contributed by atoms with Gasteiger partial charge in [0.1, 0.15) is 0 Å². The van der Waals surface area contributed by atoms with Crippen LogP contribution in [0.2, 0.25) is 0 Å². The lowest BCUT2D eigenvalue weighted by Crippen LogP contribution is -2.41. The molecule has 0 spiro atoms. The average Bonchev–Trinajstić information content (AvgIpc) is 2.37. The van der Waals surface area contributed by atoms with Gasteiger partial charge >= 0.3 is 0 Å². The Morgan fingerprint density at radius 2 is 1.81 bits per heavy atom. The van der Waals surface area contributed by atoms with Gasteiger partial charge in [0.05, 0.1) is 5.75 Å². The van der Waals surface area contributed by atoms with Crippen molar-refractivity contribution in [1.29, 1.82) is 0 Å². The summed E-state index contributed by atoms with van der Waals surface area (Å²) >= 11 is 0. The van der Waals surface area contributed by atoms with E-state index in [9.17, 15) is 13.2 Å². The van der Waals surface area contributed by atoms with Gasteiger partial charge in [-0.3, -0.25) is 4.79 Å². The highest BCUT2D eigenvalue weighted by Crippen LogP contribution is 2.25. The van der Waals surface area contributed by atoms with Gasteiger partial charge in [0.25, 0.3) is 0 Å². The van der Waals surface area contributed by atoms with E-state index in [1.807, 2.05) is 0 Å². The maximum Gasteiger partial charge on any atom is 0.223 e. The van der Waals surface area contributed by atoms with Crippen LogP contribution >= 0.6 is 12.4 Å². The summed E-state index contributed by atoms with van der Waals surface area (Å²) in [7, 11) is -3.26. The molecule has 0 bridgehead atoms. The zero-order valence-corrected chi connectivity index (χ0v) is 13.9. The Balaban J connectivity index is 0.00000220. The summed E-state index contributed by atoms with van der Waals surface area (Å²) in [6.45, 7) is 2.46. The molecular formula is C13H26ClN3O3S. The Labute approximate surface area is 133 Å². The summed E-state index contributed by atoms with van der Waals surface area (Å²) in [5, 5.41) is 5.94. The summed E-state index contributed by atoms with van der Waals surface area (Å²) < 4.78 is 26.1. The molecule has 1 aliphatic heterocycles. The monoisotopic (exact) mass is 339 g/mol. The van der Waals surface area contributed by atoms with E-state index >= 15 is 0 Å². The summed E-state index contributed by atoms with van der Waals surface area (Å²) in [6.07, 6.45) is 5.11. The third-order valence-corrected chi connectivity index (χ3v) is 5.54. The van der Waals surface area contributed by atoms with Crippen LogP contribution in [0.25, 0.3) is 0 Å². The van der Waals surface area contributed by atoms with Crippen molar-refractivity contribution in [2.24, 2.45) is 11.8 Å². The van der Waals surface area contributed by atoms with Crippen molar-refractivity contribution in [1.82, 2.24) is 15.4 Å². The summed E-state index contributed by atoms with van der Waals surface area (Å²) in [5.41, 5.74) is 0. The topological polar surface area (TPSA) is 87.3 Å². The van der Waals surface area contributed by atoms with Gasteiger partial charge in [-0.05, 0) is 44.7 Å². The number of sulfonamides is 1. The van der Waals surface area contributed by atoms with Crippen molar-refractivity contribution in [2.45, 2.75) is 32.1 Å². The van der Waals surface area contributed by atoms with Crippen LogP contribution in [0, 0.1) is 11.8 Å². The smallest absolute Gasteiger partial charge is 0.223 e. The first-order chi connectivity index (χ1) is 9.57. The zero-order chi connectivity index (χ0) is 14.4. The molecule has 1 heterocycles. The van der Waals surface area contributed by atoms with Crippen molar-refractivity contribution >= 4 is 28.3 Å². The van der Waals surface area contributed by atoms with E-state index in [0.29, 0.717) is 12.5 Å². The van der Waals surface area contributed by atoms with Crippen LogP contribution in [-0.4, -0.2) is 46.3 Å². The molecule has 124 valence electrons. The predicted molar refractivity (Wildman–Crippen MR) is 85.0 cm³/mol. The Kier molecular flexibility index (Phi) is 7.94. The summed E-state index contributed by atoms with van der Waals surface area (Å²) in [5.74, 6) is 0.493. The highest BCUT2D eigenvalue weighted by atomic mass is 35.5. The molecule has 6 nitrogen and oxygen atoms in total. The van der Waals surface area contributed by atoms with Gasteiger partial charge in [-0.25, -0.2) is 13.1 Å². The van der Waals surface area contributed by atoms with Crippen LogP contribution < -0.4 is 15.4 Å². The molecule has 2 rings (SSSR count). The van der Waals surface area contributed by atoms with E-state index in [4.69, 9.17) is 0 Å². The molecule has 0 radical (unpaired) electrons. The van der Waals surface area contributed by atoms with E-state index < -0.39 is 10.0 Å². The highest BCUT2D eigenvalue weighted by Gasteiger charge is 2.22. The molecule has 0 atom stereocenters. The maximum absolute atomic E-state index is 11.9. The third kappa shape index (κ3) is 6.50. The minimum atomic E-state index is -3.26. The van der Waals surface area contributed by atoms with Crippen molar-refractivity contribution in [3.63, 3.8) is 0 Å². The molecule has 2 aliphatic rings. The number of amides is 1. The number of rotatable bonds is 7. The van der Waals surface area contributed by atoms with Crippen LogP contribution in [0.4, 0.5) is 0 Å². The molecule has 1 aliphatic carbocycles. The van der Waals surface area contributed by atoms with Crippen LogP contribution in [0.1, 0.15) is 32.1 Å². The normalized spacial score (nSPS) is 20.4. The van der Waals surface area contributed by atoms with Crippen molar-refractivity contribution in [3.05, 3.63) is 0 Å². The van der Waals surface area contributed by atoms with Gasteiger partial charge in [0, 0.05) is 19.0 Å². The molecule has 0 unspecified atom stereocenters. The number of carbonyl (C=O) groups excluding carboxylic acids is 1. The molecule has 8 heteroatoms. The number of hydrogen-bond donors (Lipinski definition) is 3. The molecule has 1 saturated carbocycles. The Morgan fingerprint density at radius 1 is 1.14 bits per heavy atom. The number of nitrogens with one attached hydrogen (secondary N) is 3. The van der Waals surface area contributed by atoms with E-state index in [0.717, 1.165) is 38.8 Å². The second-order valence-electron chi connectivity index (χ2n) is 5.78. The lowest BCUT2D eigenvalue weighted by Gasteiger charge is -2.25. The second-order valence-corrected chi connectivity index (χ2v) is 7.71. The largest absolute Gasteiger partial charge is 0.355 e. The average molecular weight is 340 g/mol. The quantitative estimate of drug-likeness (QED) is 0.620. The molecule has 2 fully saturated rings. The SMILES string of the molecule is Cl.O=C(NCCS(=O)(=O)NCC1CCC1)C1CCNCC1. The van der Waals surface area contributed by atoms with Crippen molar-refractivity contribution < 1.29 is 13.2 Å². The van der Waals surface area contributed by atoms with Gasteiger partial charge in [0.15, 0.2) is 0 Å². The second kappa shape index (κ2) is 8.92. The first-order valence-corrected chi connectivity index (χ1v) is 9.18. The van der Waals surface area contributed by atoms with E-state index in [1.54, 1.807) is 0 Å². The van der Waals surface area contributed by atoms with Gasteiger partial charge in [0.2, 0.25) is 15.9 Å². The first kappa shape index (κ1) is 18.7.